The zero-order valence-corrected chi connectivity index (χ0v) is 11.2. The summed E-state index contributed by atoms with van der Waals surface area (Å²) in [5, 5.41) is 13.8. The Kier molecular flexibility index (Phi) is 4.82. The fourth-order valence-electron chi connectivity index (χ4n) is 1.65. The van der Waals surface area contributed by atoms with E-state index < -0.39 is 4.92 Å². The van der Waals surface area contributed by atoms with Gasteiger partial charge in [-0.1, -0.05) is 13.8 Å². The first-order chi connectivity index (χ1) is 8.49. The maximum Gasteiger partial charge on any atom is 0.329 e. The predicted octanol–water partition coefficient (Wildman–Crippen LogP) is 1.91. The Hall–Kier alpha value is -1.92. The SMILES string of the molecule is CCN(CC(C)C)c1nc(NC)ncc1[N+](=O)[O-]. The number of hydrogen-bond donors (Lipinski definition) is 1. The molecule has 100 valence electrons. The van der Waals surface area contributed by atoms with Crippen molar-refractivity contribution in [3.05, 3.63) is 16.3 Å². The molecule has 0 radical (unpaired) electrons. The molecule has 0 saturated heterocycles. The Morgan fingerprint density at radius 2 is 2.22 bits per heavy atom. The van der Waals surface area contributed by atoms with Crippen LogP contribution in [-0.2, 0) is 0 Å². The second-order valence-corrected chi connectivity index (χ2v) is 4.34. The van der Waals surface area contributed by atoms with Crippen LogP contribution in [0.25, 0.3) is 0 Å². The molecule has 0 spiro atoms. The molecule has 7 heteroatoms. The summed E-state index contributed by atoms with van der Waals surface area (Å²) in [5.41, 5.74) is -0.0588. The van der Waals surface area contributed by atoms with Gasteiger partial charge in [0.05, 0.1) is 4.92 Å². The fourth-order valence-corrected chi connectivity index (χ4v) is 1.65. The van der Waals surface area contributed by atoms with Crippen LogP contribution < -0.4 is 10.2 Å². The Bertz CT molecular complexity index is 422. The number of anilines is 2. The van der Waals surface area contributed by atoms with Crippen LogP contribution in [0.4, 0.5) is 17.5 Å². The molecule has 7 nitrogen and oxygen atoms in total. The van der Waals surface area contributed by atoms with E-state index in [0.717, 1.165) is 6.54 Å². The van der Waals surface area contributed by atoms with Crippen LogP contribution in [-0.4, -0.2) is 35.0 Å². The van der Waals surface area contributed by atoms with E-state index in [9.17, 15) is 10.1 Å². The quantitative estimate of drug-likeness (QED) is 0.615. The summed E-state index contributed by atoms with van der Waals surface area (Å²) < 4.78 is 0. The van der Waals surface area contributed by atoms with E-state index in [2.05, 4.69) is 29.1 Å². The minimum atomic E-state index is -0.447. The molecule has 0 amide bonds. The summed E-state index contributed by atoms with van der Waals surface area (Å²) in [6.45, 7) is 7.47. The van der Waals surface area contributed by atoms with Crippen molar-refractivity contribution in [2.75, 3.05) is 30.4 Å². The van der Waals surface area contributed by atoms with Crippen LogP contribution in [0.1, 0.15) is 20.8 Å². The third-order valence-electron chi connectivity index (χ3n) is 2.44. The fraction of sp³-hybridized carbons (Fsp3) is 0.636. The van der Waals surface area contributed by atoms with Crippen LogP contribution in [0.2, 0.25) is 0 Å². The van der Waals surface area contributed by atoms with Gasteiger partial charge in [-0.2, -0.15) is 4.98 Å². The van der Waals surface area contributed by atoms with Gasteiger partial charge in [0, 0.05) is 20.1 Å². The van der Waals surface area contributed by atoms with Gasteiger partial charge in [0.25, 0.3) is 0 Å². The molecule has 0 aromatic carbocycles. The van der Waals surface area contributed by atoms with Gasteiger partial charge in [-0.3, -0.25) is 10.1 Å². The third-order valence-corrected chi connectivity index (χ3v) is 2.44. The standard InChI is InChI=1S/C11H19N5O2/c1-5-15(7-8(2)3)10-9(16(17)18)6-13-11(12-4)14-10/h6,8H,5,7H2,1-4H3,(H,12,13,14). The molecule has 0 bridgehead atoms. The van der Waals surface area contributed by atoms with E-state index in [0.29, 0.717) is 24.2 Å². The van der Waals surface area contributed by atoms with Gasteiger partial charge in [-0.05, 0) is 12.8 Å². The van der Waals surface area contributed by atoms with Crippen molar-refractivity contribution >= 4 is 17.5 Å². The highest BCUT2D eigenvalue weighted by Gasteiger charge is 2.22. The molecule has 0 aliphatic carbocycles. The summed E-state index contributed by atoms with van der Waals surface area (Å²) in [5.74, 6) is 1.16. The Morgan fingerprint density at radius 3 is 2.67 bits per heavy atom. The lowest BCUT2D eigenvalue weighted by molar-refractivity contribution is -0.384. The number of nitro groups is 1. The average molecular weight is 253 g/mol. The highest BCUT2D eigenvalue weighted by atomic mass is 16.6. The van der Waals surface area contributed by atoms with Gasteiger partial charge in [-0.15, -0.1) is 0 Å². The molecular formula is C11H19N5O2. The molecule has 1 heterocycles. The van der Waals surface area contributed by atoms with E-state index in [1.54, 1.807) is 7.05 Å². The number of hydrogen-bond acceptors (Lipinski definition) is 6. The molecule has 0 aliphatic rings. The molecule has 18 heavy (non-hydrogen) atoms. The van der Waals surface area contributed by atoms with Crippen LogP contribution in [0, 0.1) is 16.0 Å². The summed E-state index contributed by atoms with van der Waals surface area (Å²) >= 11 is 0. The normalized spacial score (nSPS) is 10.5. The molecule has 1 rings (SSSR count). The number of nitrogens with one attached hydrogen (secondary N) is 1. The molecule has 0 fully saturated rings. The molecule has 1 aromatic heterocycles. The monoisotopic (exact) mass is 253 g/mol. The van der Waals surface area contributed by atoms with E-state index in [4.69, 9.17) is 0 Å². The van der Waals surface area contributed by atoms with Crippen molar-refractivity contribution in [2.24, 2.45) is 5.92 Å². The molecule has 0 atom stereocenters. The molecule has 0 aliphatic heterocycles. The summed E-state index contributed by atoms with van der Waals surface area (Å²) in [6, 6.07) is 0. The minimum Gasteiger partial charge on any atom is -0.357 e. The van der Waals surface area contributed by atoms with E-state index in [-0.39, 0.29) is 5.69 Å². The maximum atomic E-state index is 11.0. The zero-order valence-electron chi connectivity index (χ0n) is 11.2. The number of aromatic nitrogens is 2. The summed E-state index contributed by atoms with van der Waals surface area (Å²) in [4.78, 5) is 20.5. The topological polar surface area (TPSA) is 84.2 Å². The highest BCUT2D eigenvalue weighted by molar-refractivity contribution is 5.58. The van der Waals surface area contributed by atoms with Crippen LogP contribution in [0.3, 0.4) is 0 Å². The largest absolute Gasteiger partial charge is 0.357 e. The molecule has 1 aromatic rings. The third kappa shape index (κ3) is 3.28. The molecule has 0 unspecified atom stereocenters. The molecule has 1 N–H and O–H groups in total. The van der Waals surface area contributed by atoms with E-state index in [1.165, 1.54) is 6.20 Å². The van der Waals surface area contributed by atoms with Gasteiger partial charge < -0.3 is 10.2 Å². The maximum absolute atomic E-state index is 11.0. The lowest BCUT2D eigenvalue weighted by atomic mass is 10.2. The van der Waals surface area contributed by atoms with Gasteiger partial charge in [0.15, 0.2) is 0 Å². The molecule has 0 saturated carbocycles. The molecular weight excluding hydrogens is 234 g/mol. The summed E-state index contributed by atoms with van der Waals surface area (Å²) in [6.07, 6.45) is 1.25. The average Bonchev–Trinajstić information content (AvgIpc) is 2.34. The van der Waals surface area contributed by atoms with Crippen LogP contribution in [0.5, 0.6) is 0 Å². The van der Waals surface area contributed by atoms with E-state index >= 15 is 0 Å². The van der Waals surface area contributed by atoms with Crippen molar-refractivity contribution in [1.29, 1.82) is 0 Å². The summed E-state index contributed by atoms with van der Waals surface area (Å²) in [7, 11) is 1.68. The predicted molar refractivity (Wildman–Crippen MR) is 71.0 cm³/mol. The van der Waals surface area contributed by atoms with Gasteiger partial charge >= 0.3 is 5.69 Å². The van der Waals surface area contributed by atoms with Crippen molar-refractivity contribution in [3.8, 4) is 0 Å². The smallest absolute Gasteiger partial charge is 0.329 e. The van der Waals surface area contributed by atoms with Crippen LogP contribution in [0.15, 0.2) is 6.20 Å². The van der Waals surface area contributed by atoms with Crippen molar-refractivity contribution in [3.63, 3.8) is 0 Å². The van der Waals surface area contributed by atoms with Gasteiger partial charge in [0.1, 0.15) is 6.20 Å². The minimum absolute atomic E-state index is 0.0588. The van der Waals surface area contributed by atoms with Gasteiger partial charge in [0.2, 0.25) is 11.8 Å². The number of rotatable bonds is 6. The van der Waals surface area contributed by atoms with Crippen molar-refractivity contribution < 1.29 is 4.92 Å². The number of nitrogens with zero attached hydrogens (tertiary/aromatic N) is 4. The Morgan fingerprint density at radius 1 is 1.56 bits per heavy atom. The van der Waals surface area contributed by atoms with Crippen LogP contribution >= 0.6 is 0 Å². The first kappa shape index (κ1) is 14.1. The Labute approximate surface area is 106 Å². The van der Waals surface area contributed by atoms with Crippen molar-refractivity contribution in [2.45, 2.75) is 20.8 Å². The lowest BCUT2D eigenvalue weighted by Crippen LogP contribution is -2.29. The first-order valence-corrected chi connectivity index (χ1v) is 5.93. The second-order valence-electron chi connectivity index (χ2n) is 4.34. The Balaban J connectivity index is 3.19. The van der Waals surface area contributed by atoms with Gasteiger partial charge in [-0.25, -0.2) is 4.98 Å². The van der Waals surface area contributed by atoms with Crippen molar-refractivity contribution in [1.82, 2.24) is 9.97 Å². The highest BCUT2D eigenvalue weighted by Crippen LogP contribution is 2.26. The van der Waals surface area contributed by atoms with E-state index in [1.807, 2.05) is 11.8 Å². The lowest BCUT2D eigenvalue weighted by Gasteiger charge is -2.23. The second kappa shape index (κ2) is 6.13. The first-order valence-electron chi connectivity index (χ1n) is 5.93. The zero-order chi connectivity index (χ0) is 13.7.